The average molecular weight is 276 g/mol. The lowest BCUT2D eigenvalue weighted by Gasteiger charge is -2.21. The summed E-state index contributed by atoms with van der Waals surface area (Å²) >= 11 is 0. The Kier molecular flexibility index (Phi) is 4.10. The van der Waals surface area contributed by atoms with Gasteiger partial charge in [-0.05, 0) is 38.1 Å². The predicted octanol–water partition coefficient (Wildman–Crippen LogP) is 2.85. The first kappa shape index (κ1) is 14.3. The molecule has 0 spiro atoms. The van der Waals surface area contributed by atoms with Gasteiger partial charge in [0.2, 0.25) is 0 Å². The van der Waals surface area contributed by atoms with E-state index in [1.165, 1.54) is 0 Å². The molecule has 0 aromatic heterocycles. The Morgan fingerprint density at radius 3 is 2.58 bits per heavy atom. The Labute approximate surface area is 109 Å². The summed E-state index contributed by atoms with van der Waals surface area (Å²) in [7, 11) is 1.76. The van der Waals surface area contributed by atoms with E-state index in [9.17, 15) is 17.6 Å². The molecular weight excluding hydrogens is 260 g/mol. The molecule has 6 heteroatoms. The molecule has 1 heterocycles. The second kappa shape index (κ2) is 5.46. The highest BCUT2D eigenvalue weighted by molar-refractivity contribution is 5.30. The number of rotatable bonds is 3. The molecule has 1 aliphatic rings. The van der Waals surface area contributed by atoms with Gasteiger partial charge in [-0.3, -0.25) is 4.90 Å². The summed E-state index contributed by atoms with van der Waals surface area (Å²) in [6.45, 7) is 1.10. The third-order valence-corrected chi connectivity index (χ3v) is 3.66. The molecule has 2 N–H and O–H groups in total. The largest absolute Gasteiger partial charge is 0.330 e. The molecule has 1 aromatic carbocycles. The van der Waals surface area contributed by atoms with Crippen LogP contribution in [0.15, 0.2) is 12.1 Å². The summed E-state index contributed by atoms with van der Waals surface area (Å²) in [6.07, 6.45) is -2.26. The average Bonchev–Trinajstić information content (AvgIpc) is 2.73. The first-order valence-electron chi connectivity index (χ1n) is 6.11. The molecular formula is C13H16F4N2. The van der Waals surface area contributed by atoms with Crippen molar-refractivity contribution in [2.75, 3.05) is 20.1 Å². The third-order valence-electron chi connectivity index (χ3n) is 3.66. The number of halogens is 4. The standard InChI is InChI=1S/C13H16F4N2/c1-19-6-7(5-18)2-11(19)9-3-8(13(16)17)4-10(14)12(9)15/h3-4,7,11,13H,2,5-6,18H2,1H3. The lowest BCUT2D eigenvalue weighted by Crippen LogP contribution is -2.21. The topological polar surface area (TPSA) is 29.3 Å². The summed E-state index contributed by atoms with van der Waals surface area (Å²) in [5.41, 5.74) is 5.07. The first-order valence-corrected chi connectivity index (χ1v) is 6.11. The van der Waals surface area contributed by atoms with Crippen LogP contribution in [0.25, 0.3) is 0 Å². The van der Waals surface area contributed by atoms with E-state index in [4.69, 9.17) is 5.73 Å². The Balaban J connectivity index is 2.39. The van der Waals surface area contributed by atoms with Crippen LogP contribution in [0.3, 0.4) is 0 Å². The van der Waals surface area contributed by atoms with E-state index in [1.807, 2.05) is 4.90 Å². The maximum atomic E-state index is 13.8. The fourth-order valence-electron chi connectivity index (χ4n) is 2.64. The van der Waals surface area contributed by atoms with Crippen LogP contribution in [0.5, 0.6) is 0 Å². The van der Waals surface area contributed by atoms with Gasteiger partial charge >= 0.3 is 0 Å². The fraction of sp³-hybridized carbons (Fsp3) is 0.538. The molecule has 106 valence electrons. The lowest BCUT2D eigenvalue weighted by molar-refractivity contribution is 0.150. The van der Waals surface area contributed by atoms with Crippen LogP contribution in [0, 0.1) is 17.6 Å². The van der Waals surface area contributed by atoms with Gasteiger partial charge in [-0.2, -0.15) is 0 Å². The third kappa shape index (κ3) is 2.74. The van der Waals surface area contributed by atoms with Crippen molar-refractivity contribution in [2.24, 2.45) is 11.7 Å². The zero-order chi connectivity index (χ0) is 14.2. The molecule has 2 atom stereocenters. The van der Waals surface area contributed by atoms with E-state index in [0.717, 1.165) is 6.07 Å². The Bertz CT molecular complexity index is 464. The van der Waals surface area contributed by atoms with Gasteiger partial charge in [0, 0.05) is 23.7 Å². The molecule has 1 aromatic rings. The minimum Gasteiger partial charge on any atom is -0.330 e. The maximum Gasteiger partial charge on any atom is 0.263 e. The Hall–Kier alpha value is -1.14. The molecule has 0 aliphatic carbocycles. The summed E-state index contributed by atoms with van der Waals surface area (Å²) in [5, 5.41) is 0. The number of benzene rings is 1. The summed E-state index contributed by atoms with van der Waals surface area (Å²) in [6, 6.07) is 1.21. The number of nitrogens with two attached hydrogens (primary N) is 1. The molecule has 0 saturated carbocycles. The molecule has 0 bridgehead atoms. The minimum atomic E-state index is -2.81. The Morgan fingerprint density at radius 2 is 2.05 bits per heavy atom. The van der Waals surface area contributed by atoms with Crippen LogP contribution in [-0.2, 0) is 0 Å². The maximum absolute atomic E-state index is 13.8. The fourth-order valence-corrected chi connectivity index (χ4v) is 2.64. The quantitative estimate of drug-likeness (QED) is 0.860. The highest BCUT2D eigenvalue weighted by atomic mass is 19.3. The zero-order valence-electron chi connectivity index (χ0n) is 10.5. The highest BCUT2D eigenvalue weighted by Crippen LogP contribution is 2.37. The van der Waals surface area contributed by atoms with E-state index < -0.39 is 29.7 Å². The SMILES string of the molecule is CN1CC(CN)CC1c1cc(C(F)F)cc(F)c1F. The van der Waals surface area contributed by atoms with Crippen molar-refractivity contribution in [3.05, 3.63) is 34.9 Å². The second-order valence-electron chi connectivity index (χ2n) is 5.00. The molecule has 2 unspecified atom stereocenters. The summed E-state index contributed by atoms with van der Waals surface area (Å²) < 4.78 is 52.6. The van der Waals surface area contributed by atoms with Crippen molar-refractivity contribution < 1.29 is 17.6 Å². The molecule has 0 amide bonds. The van der Waals surface area contributed by atoms with Crippen LogP contribution in [0.2, 0.25) is 0 Å². The second-order valence-corrected chi connectivity index (χ2v) is 5.00. The van der Waals surface area contributed by atoms with Gasteiger partial charge in [0.15, 0.2) is 11.6 Å². The van der Waals surface area contributed by atoms with Crippen LogP contribution >= 0.6 is 0 Å². The van der Waals surface area contributed by atoms with Crippen molar-refractivity contribution in [3.8, 4) is 0 Å². The van der Waals surface area contributed by atoms with Gasteiger partial charge in [0.05, 0.1) is 0 Å². The zero-order valence-corrected chi connectivity index (χ0v) is 10.5. The molecule has 1 saturated heterocycles. The lowest BCUT2D eigenvalue weighted by atomic mass is 9.97. The van der Waals surface area contributed by atoms with E-state index in [-0.39, 0.29) is 11.5 Å². The molecule has 0 radical (unpaired) electrons. The molecule has 19 heavy (non-hydrogen) atoms. The van der Waals surface area contributed by atoms with Gasteiger partial charge in [0.1, 0.15) is 0 Å². The minimum absolute atomic E-state index is 0.00579. The van der Waals surface area contributed by atoms with E-state index in [0.29, 0.717) is 25.6 Å². The van der Waals surface area contributed by atoms with Gasteiger partial charge < -0.3 is 5.73 Å². The van der Waals surface area contributed by atoms with E-state index >= 15 is 0 Å². The van der Waals surface area contributed by atoms with Gasteiger partial charge in [-0.1, -0.05) is 0 Å². The number of alkyl halides is 2. The van der Waals surface area contributed by atoms with Crippen molar-refractivity contribution in [1.29, 1.82) is 0 Å². The van der Waals surface area contributed by atoms with Crippen molar-refractivity contribution >= 4 is 0 Å². The van der Waals surface area contributed by atoms with Gasteiger partial charge in [-0.25, -0.2) is 17.6 Å². The van der Waals surface area contributed by atoms with Crippen LogP contribution in [-0.4, -0.2) is 25.0 Å². The summed E-state index contributed by atoms with van der Waals surface area (Å²) in [5.74, 6) is -2.09. The Morgan fingerprint density at radius 1 is 1.37 bits per heavy atom. The first-order chi connectivity index (χ1) is 8.93. The van der Waals surface area contributed by atoms with Crippen molar-refractivity contribution in [1.82, 2.24) is 4.90 Å². The monoisotopic (exact) mass is 276 g/mol. The predicted molar refractivity (Wildman–Crippen MR) is 63.8 cm³/mol. The molecule has 1 fully saturated rings. The number of nitrogens with zero attached hydrogens (tertiary/aromatic N) is 1. The molecule has 2 nitrogen and oxygen atoms in total. The van der Waals surface area contributed by atoms with Gasteiger partial charge in [-0.15, -0.1) is 0 Å². The van der Waals surface area contributed by atoms with Crippen molar-refractivity contribution in [3.63, 3.8) is 0 Å². The number of likely N-dealkylation sites (tertiary alicyclic amines) is 1. The van der Waals surface area contributed by atoms with Crippen LogP contribution < -0.4 is 5.73 Å². The van der Waals surface area contributed by atoms with Crippen LogP contribution in [0.4, 0.5) is 17.6 Å². The number of hydrogen-bond donors (Lipinski definition) is 1. The molecule has 2 rings (SSSR count). The number of hydrogen-bond acceptors (Lipinski definition) is 2. The highest BCUT2D eigenvalue weighted by Gasteiger charge is 2.33. The normalized spacial score (nSPS) is 24.4. The van der Waals surface area contributed by atoms with E-state index in [1.54, 1.807) is 7.05 Å². The van der Waals surface area contributed by atoms with Crippen molar-refractivity contribution in [2.45, 2.75) is 18.9 Å². The van der Waals surface area contributed by atoms with E-state index in [2.05, 4.69) is 0 Å². The van der Waals surface area contributed by atoms with Crippen LogP contribution in [0.1, 0.15) is 30.0 Å². The summed E-state index contributed by atoms with van der Waals surface area (Å²) in [4.78, 5) is 1.82. The molecule has 1 aliphatic heterocycles. The van der Waals surface area contributed by atoms with Gasteiger partial charge in [0.25, 0.3) is 6.43 Å². The smallest absolute Gasteiger partial charge is 0.263 e.